The topological polar surface area (TPSA) is 78.9 Å². The van der Waals surface area contributed by atoms with Crippen LogP contribution in [0.1, 0.15) is 5.56 Å². The number of ether oxygens (including phenoxy) is 1. The Labute approximate surface area is 178 Å². The highest BCUT2D eigenvalue weighted by atomic mass is 32.2. The van der Waals surface area contributed by atoms with Gasteiger partial charge in [0.25, 0.3) is 0 Å². The van der Waals surface area contributed by atoms with Gasteiger partial charge in [-0.2, -0.15) is 22.6 Å². The normalized spacial score (nSPS) is 18.9. The van der Waals surface area contributed by atoms with Crippen LogP contribution in [0.5, 0.6) is 0 Å². The van der Waals surface area contributed by atoms with Gasteiger partial charge >= 0.3 is 6.18 Å². The van der Waals surface area contributed by atoms with Crippen molar-refractivity contribution >= 4 is 21.5 Å². The lowest BCUT2D eigenvalue weighted by Crippen LogP contribution is -2.48. The highest BCUT2D eigenvalue weighted by Gasteiger charge is 2.34. The number of nitrogens with zero attached hydrogens (tertiary/aromatic N) is 5. The largest absolute Gasteiger partial charge is 0.416 e. The van der Waals surface area contributed by atoms with Crippen molar-refractivity contribution < 1.29 is 26.3 Å². The average molecular weight is 457 g/mol. The molecule has 4 rings (SSSR count). The van der Waals surface area contributed by atoms with E-state index in [2.05, 4.69) is 15.1 Å². The van der Waals surface area contributed by atoms with E-state index in [1.807, 2.05) is 11.0 Å². The minimum atomic E-state index is -4.60. The van der Waals surface area contributed by atoms with Crippen LogP contribution in [0.2, 0.25) is 0 Å². The van der Waals surface area contributed by atoms with Gasteiger partial charge in [0.15, 0.2) is 5.82 Å². The van der Waals surface area contributed by atoms with Crippen molar-refractivity contribution in [2.24, 2.45) is 0 Å². The molecule has 12 heteroatoms. The summed E-state index contributed by atoms with van der Waals surface area (Å²) in [7, 11) is -4.02. The molecule has 1 aromatic carbocycles. The fraction of sp³-hybridized carbons (Fsp3) is 0.474. The number of alkyl halides is 3. The number of piperazine rings is 1. The van der Waals surface area contributed by atoms with E-state index in [0.29, 0.717) is 32.4 Å². The molecule has 2 saturated heterocycles. The second-order valence-corrected chi connectivity index (χ2v) is 9.23. The SMILES string of the molecule is O=S(=O)(c1cccc(C(F)(F)F)c1)N1CCN(c2cnnc(N3CCOCC3)c2)CC1. The van der Waals surface area contributed by atoms with Gasteiger partial charge < -0.3 is 14.5 Å². The summed E-state index contributed by atoms with van der Waals surface area (Å²) >= 11 is 0. The molecular weight excluding hydrogens is 435 g/mol. The fourth-order valence-electron chi connectivity index (χ4n) is 3.63. The predicted octanol–water partition coefficient (Wildman–Crippen LogP) is 1.84. The summed E-state index contributed by atoms with van der Waals surface area (Å²) in [4.78, 5) is 3.72. The van der Waals surface area contributed by atoms with Crippen molar-refractivity contribution in [2.75, 3.05) is 62.3 Å². The van der Waals surface area contributed by atoms with Gasteiger partial charge in [0.05, 0.1) is 35.6 Å². The summed E-state index contributed by atoms with van der Waals surface area (Å²) in [6.45, 7) is 3.80. The van der Waals surface area contributed by atoms with E-state index in [4.69, 9.17) is 4.74 Å². The molecule has 2 aliphatic rings. The molecule has 0 saturated carbocycles. The molecule has 2 aliphatic heterocycles. The van der Waals surface area contributed by atoms with Gasteiger partial charge in [0.2, 0.25) is 10.0 Å². The minimum Gasteiger partial charge on any atom is -0.378 e. The standard InChI is InChI=1S/C19H22F3N5O3S/c20-19(21,22)15-2-1-3-17(12-15)31(28,29)27-6-4-25(5-7-27)16-13-18(24-23-14-16)26-8-10-30-11-9-26/h1-3,12-14H,4-11H2. The summed E-state index contributed by atoms with van der Waals surface area (Å²) in [6, 6.07) is 5.76. The van der Waals surface area contributed by atoms with E-state index in [9.17, 15) is 21.6 Å². The number of hydrogen-bond donors (Lipinski definition) is 0. The first-order valence-corrected chi connectivity index (χ1v) is 11.3. The molecule has 0 radical (unpaired) electrons. The lowest BCUT2D eigenvalue weighted by molar-refractivity contribution is -0.137. The summed E-state index contributed by atoms with van der Waals surface area (Å²) in [5.74, 6) is 0.736. The quantitative estimate of drug-likeness (QED) is 0.693. The maximum Gasteiger partial charge on any atom is 0.416 e. The summed E-state index contributed by atoms with van der Waals surface area (Å²) in [6.07, 6.45) is -2.97. The molecule has 0 amide bonds. The van der Waals surface area contributed by atoms with Crippen LogP contribution in [0, 0.1) is 0 Å². The fourth-order valence-corrected chi connectivity index (χ4v) is 5.10. The lowest BCUT2D eigenvalue weighted by atomic mass is 10.2. The van der Waals surface area contributed by atoms with Crippen molar-refractivity contribution in [1.82, 2.24) is 14.5 Å². The molecule has 0 aliphatic carbocycles. The van der Waals surface area contributed by atoms with Crippen molar-refractivity contribution in [3.8, 4) is 0 Å². The molecule has 0 bridgehead atoms. The average Bonchev–Trinajstić information content (AvgIpc) is 2.79. The van der Waals surface area contributed by atoms with Crippen LogP contribution < -0.4 is 9.80 Å². The number of anilines is 2. The zero-order valence-electron chi connectivity index (χ0n) is 16.6. The Morgan fingerprint density at radius 3 is 2.32 bits per heavy atom. The van der Waals surface area contributed by atoms with Gasteiger partial charge in [-0.3, -0.25) is 0 Å². The summed E-state index contributed by atoms with van der Waals surface area (Å²) in [5.41, 5.74) is -0.154. The van der Waals surface area contributed by atoms with Gasteiger partial charge in [0, 0.05) is 45.3 Å². The van der Waals surface area contributed by atoms with Crippen molar-refractivity contribution in [3.63, 3.8) is 0 Å². The molecule has 2 fully saturated rings. The van der Waals surface area contributed by atoms with Crippen molar-refractivity contribution in [2.45, 2.75) is 11.1 Å². The van der Waals surface area contributed by atoms with Crippen LogP contribution in [0.15, 0.2) is 41.4 Å². The number of benzene rings is 1. The lowest BCUT2D eigenvalue weighted by Gasteiger charge is -2.35. The Balaban J connectivity index is 1.45. The molecular formula is C19H22F3N5O3S. The third-order valence-electron chi connectivity index (χ3n) is 5.37. The third kappa shape index (κ3) is 4.75. The Morgan fingerprint density at radius 1 is 0.935 bits per heavy atom. The maximum absolute atomic E-state index is 13.0. The first-order valence-electron chi connectivity index (χ1n) is 9.83. The van der Waals surface area contributed by atoms with E-state index in [1.165, 1.54) is 10.4 Å². The van der Waals surface area contributed by atoms with Gasteiger partial charge in [-0.1, -0.05) is 6.07 Å². The highest BCUT2D eigenvalue weighted by molar-refractivity contribution is 7.89. The molecule has 0 N–H and O–H groups in total. The molecule has 0 spiro atoms. The molecule has 3 heterocycles. The zero-order valence-corrected chi connectivity index (χ0v) is 17.4. The van der Waals surface area contributed by atoms with E-state index in [-0.39, 0.29) is 18.0 Å². The van der Waals surface area contributed by atoms with Crippen LogP contribution in [0.3, 0.4) is 0 Å². The first-order chi connectivity index (χ1) is 14.7. The molecule has 168 valence electrons. The number of aromatic nitrogens is 2. The van der Waals surface area contributed by atoms with Gasteiger partial charge in [-0.05, 0) is 18.2 Å². The Kier molecular flexibility index (Phi) is 6.04. The van der Waals surface area contributed by atoms with Crippen LogP contribution in [0.4, 0.5) is 24.7 Å². The van der Waals surface area contributed by atoms with Crippen molar-refractivity contribution in [1.29, 1.82) is 0 Å². The highest BCUT2D eigenvalue weighted by Crippen LogP contribution is 2.31. The van der Waals surface area contributed by atoms with E-state index < -0.39 is 21.8 Å². The summed E-state index contributed by atoms with van der Waals surface area (Å²) < 4.78 is 71.2. The first kappa shape index (κ1) is 21.8. The Morgan fingerprint density at radius 2 is 1.65 bits per heavy atom. The number of sulfonamides is 1. The maximum atomic E-state index is 13.0. The molecule has 2 aromatic rings. The number of hydrogen-bond acceptors (Lipinski definition) is 7. The Bertz CT molecular complexity index is 1020. The predicted molar refractivity (Wildman–Crippen MR) is 107 cm³/mol. The van der Waals surface area contributed by atoms with Gasteiger partial charge in [-0.15, -0.1) is 5.10 Å². The van der Waals surface area contributed by atoms with E-state index in [1.54, 1.807) is 6.20 Å². The van der Waals surface area contributed by atoms with Gasteiger partial charge in [0.1, 0.15) is 0 Å². The number of morpholine rings is 1. The molecule has 8 nitrogen and oxygen atoms in total. The van der Waals surface area contributed by atoms with Crippen LogP contribution in [0.25, 0.3) is 0 Å². The molecule has 1 aromatic heterocycles. The van der Waals surface area contributed by atoms with Crippen LogP contribution in [-0.4, -0.2) is 75.4 Å². The monoisotopic (exact) mass is 457 g/mol. The van der Waals surface area contributed by atoms with Gasteiger partial charge in [-0.25, -0.2) is 8.42 Å². The molecule has 0 atom stereocenters. The van der Waals surface area contributed by atoms with Crippen molar-refractivity contribution in [3.05, 3.63) is 42.1 Å². The molecule has 31 heavy (non-hydrogen) atoms. The minimum absolute atomic E-state index is 0.161. The molecule has 0 unspecified atom stereocenters. The third-order valence-corrected chi connectivity index (χ3v) is 7.26. The number of halogens is 3. The smallest absolute Gasteiger partial charge is 0.378 e. The summed E-state index contributed by atoms with van der Waals surface area (Å²) in [5, 5.41) is 8.25. The Hall–Kier alpha value is -2.44. The number of rotatable bonds is 4. The van der Waals surface area contributed by atoms with Crippen LogP contribution in [-0.2, 0) is 20.9 Å². The van der Waals surface area contributed by atoms with E-state index in [0.717, 1.165) is 36.7 Å². The van der Waals surface area contributed by atoms with E-state index >= 15 is 0 Å². The zero-order chi connectivity index (χ0) is 22.1. The second-order valence-electron chi connectivity index (χ2n) is 7.29. The second kappa shape index (κ2) is 8.60. The van der Waals surface area contributed by atoms with Crippen LogP contribution >= 0.6 is 0 Å².